The summed E-state index contributed by atoms with van der Waals surface area (Å²) in [5.41, 5.74) is 1.28. The normalized spacial score (nSPS) is 21.0. The second-order valence-electron chi connectivity index (χ2n) is 8.07. The summed E-state index contributed by atoms with van der Waals surface area (Å²) in [4.78, 5) is 6.94. The van der Waals surface area contributed by atoms with E-state index in [1.54, 1.807) is 7.11 Å². The summed E-state index contributed by atoms with van der Waals surface area (Å²) in [5.74, 6) is 2.32. The lowest BCUT2D eigenvalue weighted by Gasteiger charge is -2.29. The molecule has 3 rings (SSSR count). The lowest BCUT2D eigenvalue weighted by Crippen LogP contribution is -2.43. The minimum Gasteiger partial charge on any atom is -0.497 e. The second-order valence-corrected chi connectivity index (χ2v) is 8.07. The standard InChI is InChI=1S/C23H38N4O3/c1-24-23(25-10-6-13-29-17-19-9-14-30-18-19)26-16-22(27-11-3-4-12-27)20-7-5-8-21(15-20)28-2/h5,7-8,15,19,22H,3-4,6,9-14,16-18H2,1-2H3,(H2,24,25,26). The van der Waals surface area contributed by atoms with E-state index in [9.17, 15) is 0 Å². The number of benzene rings is 1. The van der Waals surface area contributed by atoms with Crippen molar-refractivity contribution in [3.8, 4) is 5.75 Å². The predicted molar refractivity (Wildman–Crippen MR) is 120 cm³/mol. The Morgan fingerprint density at radius 2 is 2.17 bits per heavy atom. The molecule has 168 valence electrons. The number of nitrogens with zero attached hydrogens (tertiary/aromatic N) is 2. The lowest BCUT2D eigenvalue weighted by atomic mass is 10.1. The molecular weight excluding hydrogens is 380 g/mol. The third-order valence-electron chi connectivity index (χ3n) is 5.88. The third kappa shape index (κ3) is 7.15. The maximum atomic E-state index is 5.78. The summed E-state index contributed by atoms with van der Waals surface area (Å²) < 4.78 is 16.6. The van der Waals surface area contributed by atoms with Crippen LogP contribution in [0.15, 0.2) is 29.3 Å². The second kappa shape index (κ2) is 12.8. The number of hydrogen-bond acceptors (Lipinski definition) is 5. The molecule has 0 bridgehead atoms. The van der Waals surface area contributed by atoms with Gasteiger partial charge in [0.05, 0.1) is 26.4 Å². The molecule has 2 unspecified atom stereocenters. The Balaban J connectivity index is 1.42. The first-order valence-corrected chi connectivity index (χ1v) is 11.3. The molecule has 2 N–H and O–H groups in total. The summed E-state index contributed by atoms with van der Waals surface area (Å²) in [6.45, 7) is 7.23. The van der Waals surface area contributed by atoms with E-state index in [1.807, 2.05) is 13.1 Å². The molecule has 2 aliphatic heterocycles. The van der Waals surface area contributed by atoms with Gasteiger partial charge in [0.1, 0.15) is 5.75 Å². The Kier molecular flexibility index (Phi) is 9.73. The van der Waals surface area contributed by atoms with Gasteiger partial charge in [-0.3, -0.25) is 9.89 Å². The van der Waals surface area contributed by atoms with E-state index in [4.69, 9.17) is 14.2 Å². The van der Waals surface area contributed by atoms with Crippen LogP contribution in [0.2, 0.25) is 0 Å². The maximum Gasteiger partial charge on any atom is 0.191 e. The average Bonchev–Trinajstić information content (AvgIpc) is 3.49. The van der Waals surface area contributed by atoms with E-state index >= 15 is 0 Å². The van der Waals surface area contributed by atoms with Crippen molar-refractivity contribution in [3.05, 3.63) is 29.8 Å². The molecule has 2 saturated heterocycles. The van der Waals surface area contributed by atoms with Gasteiger partial charge in [0, 0.05) is 39.3 Å². The van der Waals surface area contributed by atoms with E-state index in [0.29, 0.717) is 12.0 Å². The average molecular weight is 419 g/mol. The first-order chi connectivity index (χ1) is 14.8. The number of likely N-dealkylation sites (tertiary alicyclic amines) is 1. The number of nitrogens with one attached hydrogen (secondary N) is 2. The van der Waals surface area contributed by atoms with Crippen molar-refractivity contribution in [2.24, 2.45) is 10.9 Å². The maximum absolute atomic E-state index is 5.78. The van der Waals surface area contributed by atoms with Gasteiger partial charge >= 0.3 is 0 Å². The smallest absolute Gasteiger partial charge is 0.191 e. The van der Waals surface area contributed by atoms with Crippen LogP contribution < -0.4 is 15.4 Å². The molecule has 1 aromatic rings. The van der Waals surface area contributed by atoms with Gasteiger partial charge < -0.3 is 24.8 Å². The van der Waals surface area contributed by atoms with Gasteiger partial charge in [-0.2, -0.15) is 0 Å². The summed E-state index contributed by atoms with van der Waals surface area (Å²) >= 11 is 0. The molecule has 30 heavy (non-hydrogen) atoms. The highest BCUT2D eigenvalue weighted by Gasteiger charge is 2.24. The van der Waals surface area contributed by atoms with Gasteiger partial charge in [0.15, 0.2) is 5.96 Å². The molecule has 7 nitrogen and oxygen atoms in total. The van der Waals surface area contributed by atoms with Gasteiger partial charge in [0.2, 0.25) is 0 Å². The van der Waals surface area contributed by atoms with E-state index < -0.39 is 0 Å². The molecule has 2 fully saturated rings. The zero-order chi connectivity index (χ0) is 21.0. The fraction of sp³-hybridized carbons (Fsp3) is 0.696. The summed E-state index contributed by atoms with van der Waals surface area (Å²) in [6, 6.07) is 8.71. The molecule has 7 heteroatoms. The van der Waals surface area contributed by atoms with Crippen LogP contribution in [0.4, 0.5) is 0 Å². The molecule has 1 aromatic carbocycles. The van der Waals surface area contributed by atoms with E-state index in [-0.39, 0.29) is 0 Å². The fourth-order valence-electron chi connectivity index (χ4n) is 4.12. The SMILES string of the molecule is CN=C(NCCCOCC1CCOC1)NCC(c1cccc(OC)c1)N1CCCC1. The van der Waals surface area contributed by atoms with Crippen molar-refractivity contribution in [1.29, 1.82) is 0 Å². The minimum absolute atomic E-state index is 0.304. The van der Waals surface area contributed by atoms with Crippen LogP contribution in [0.25, 0.3) is 0 Å². The summed E-state index contributed by atoms with van der Waals surface area (Å²) in [7, 11) is 3.54. The van der Waals surface area contributed by atoms with Crippen molar-refractivity contribution in [3.63, 3.8) is 0 Å². The van der Waals surface area contributed by atoms with Crippen LogP contribution >= 0.6 is 0 Å². The molecule has 2 atom stereocenters. The first kappa shape index (κ1) is 22.8. The Morgan fingerprint density at radius 3 is 2.90 bits per heavy atom. The van der Waals surface area contributed by atoms with Gasteiger partial charge in [0.25, 0.3) is 0 Å². The molecule has 0 saturated carbocycles. The van der Waals surface area contributed by atoms with E-state index in [2.05, 4.69) is 38.7 Å². The Bertz CT molecular complexity index is 643. The van der Waals surface area contributed by atoms with Crippen LogP contribution in [-0.4, -0.2) is 77.6 Å². The Hall–Kier alpha value is -1.83. The minimum atomic E-state index is 0.304. The highest BCUT2D eigenvalue weighted by molar-refractivity contribution is 5.79. The van der Waals surface area contributed by atoms with Crippen molar-refractivity contribution >= 4 is 5.96 Å². The van der Waals surface area contributed by atoms with Crippen LogP contribution in [0.5, 0.6) is 5.75 Å². The largest absolute Gasteiger partial charge is 0.497 e. The Labute approximate surface area is 181 Å². The number of ether oxygens (including phenoxy) is 3. The molecule has 2 aliphatic rings. The fourth-order valence-corrected chi connectivity index (χ4v) is 4.12. The molecule has 2 heterocycles. The third-order valence-corrected chi connectivity index (χ3v) is 5.88. The van der Waals surface area contributed by atoms with E-state index in [1.165, 1.54) is 18.4 Å². The predicted octanol–water partition coefficient (Wildman–Crippen LogP) is 2.44. The number of hydrogen-bond donors (Lipinski definition) is 2. The van der Waals surface area contributed by atoms with Crippen LogP contribution in [0, 0.1) is 5.92 Å². The quantitative estimate of drug-likeness (QED) is 0.327. The number of guanidine groups is 1. The molecular formula is C23H38N4O3. The van der Waals surface area contributed by atoms with Gasteiger partial charge in [-0.05, 0) is 56.5 Å². The number of methoxy groups -OCH3 is 1. The highest BCUT2D eigenvalue weighted by atomic mass is 16.5. The first-order valence-electron chi connectivity index (χ1n) is 11.3. The lowest BCUT2D eigenvalue weighted by molar-refractivity contribution is 0.0888. The van der Waals surface area contributed by atoms with Gasteiger partial charge in [-0.1, -0.05) is 12.1 Å². The van der Waals surface area contributed by atoms with Crippen LogP contribution in [-0.2, 0) is 9.47 Å². The molecule has 0 amide bonds. The molecule has 0 spiro atoms. The van der Waals surface area contributed by atoms with Gasteiger partial charge in [-0.15, -0.1) is 0 Å². The highest BCUT2D eigenvalue weighted by Crippen LogP contribution is 2.27. The molecule has 0 aromatic heterocycles. The van der Waals surface area contributed by atoms with Crippen LogP contribution in [0.3, 0.4) is 0 Å². The monoisotopic (exact) mass is 418 g/mol. The van der Waals surface area contributed by atoms with Gasteiger partial charge in [-0.25, -0.2) is 0 Å². The number of aliphatic imine (C=N–C) groups is 1. The molecule has 0 radical (unpaired) electrons. The molecule has 0 aliphatic carbocycles. The summed E-state index contributed by atoms with van der Waals surface area (Å²) in [5, 5.41) is 6.93. The van der Waals surface area contributed by atoms with Crippen molar-refractivity contribution < 1.29 is 14.2 Å². The van der Waals surface area contributed by atoms with Crippen molar-refractivity contribution in [2.45, 2.75) is 31.7 Å². The number of rotatable bonds is 11. The van der Waals surface area contributed by atoms with Crippen molar-refractivity contribution in [2.75, 3.05) is 66.8 Å². The summed E-state index contributed by atoms with van der Waals surface area (Å²) in [6.07, 6.45) is 4.61. The topological polar surface area (TPSA) is 67.4 Å². The van der Waals surface area contributed by atoms with Crippen LogP contribution in [0.1, 0.15) is 37.3 Å². The Morgan fingerprint density at radius 1 is 1.30 bits per heavy atom. The zero-order valence-corrected chi connectivity index (χ0v) is 18.6. The zero-order valence-electron chi connectivity index (χ0n) is 18.6. The van der Waals surface area contributed by atoms with Crippen molar-refractivity contribution in [1.82, 2.24) is 15.5 Å². The van der Waals surface area contributed by atoms with E-state index in [0.717, 1.165) is 77.2 Å².